The number of pyridine rings is 1. The number of nitro groups is 1. The molecule has 7 nitrogen and oxygen atoms in total. The van der Waals surface area contributed by atoms with Gasteiger partial charge in [0.15, 0.2) is 0 Å². The molecule has 0 aromatic carbocycles. The SMILES string of the molecule is COc1ccc([N+](=O)[O-])c(NCC2CCCCO2)n1. The van der Waals surface area contributed by atoms with Crippen LogP contribution in [0.5, 0.6) is 5.88 Å². The molecule has 0 aliphatic carbocycles. The van der Waals surface area contributed by atoms with Crippen molar-refractivity contribution < 1.29 is 14.4 Å². The van der Waals surface area contributed by atoms with Crippen LogP contribution in [-0.2, 0) is 4.74 Å². The zero-order valence-corrected chi connectivity index (χ0v) is 10.8. The molecule has 2 heterocycles. The van der Waals surface area contributed by atoms with Crippen LogP contribution in [0, 0.1) is 10.1 Å². The molecule has 1 atom stereocenters. The predicted octanol–water partition coefficient (Wildman–Crippen LogP) is 1.98. The van der Waals surface area contributed by atoms with Crippen molar-refractivity contribution in [2.45, 2.75) is 25.4 Å². The van der Waals surface area contributed by atoms with E-state index in [1.54, 1.807) is 0 Å². The van der Waals surface area contributed by atoms with E-state index in [0.717, 1.165) is 25.9 Å². The lowest BCUT2D eigenvalue weighted by atomic mass is 10.1. The average Bonchev–Trinajstić information content (AvgIpc) is 2.45. The van der Waals surface area contributed by atoms with E-state index in [1.807, 2.05) is 0 Å². The molecule has 0 saturated carbocycles. The second kappa shape index (κ2) is 6.33. The highest BCUT2D eigenvalue weighted by molar-refractivity contribution is 5.57. The van der Waals surface area contributed by atoms with Crippen LogP contribution in [-0.4, -0.2) is 36.3 Å². The molecule has 1 aromatic heterocycles. The molecule has 0 radical (unpaired) electrons. The summed E-state index contributed by atoms with van der Waals surface area (Å²) in [5.41, 5.74) is -0.0587. The van der Waals surface area contributed by atoms with Gasteiger partial charge in [-0.25, -0.2) is 0 Å². The highest BCUT2D eigenvalue weighted by Crippen LogP contribution is 2.25. The first kappa shape index (κ1) is 13.5. The fourth-order valence-electron chi connectivity index (χ4n) is 2.00. The third-order valence-corrected chi connectivity index (χ3v) is 3.03. The number of hydrogen-bond acceptors (Lipinski definition) is 6. The van der Waals surface area contributed by atoms with E-state index in [0.29, 0.717) is 12.4 Å². The molecule has 104 valence electrons. The molecule has 1 aliphatic heterocycles. The number of ether oxygens (including phenoxy) is 2. The Balaban J connectivity index is 2.06. The molecule has 0 spiro atoms. The summed E-state index contributed by atoms with van der Waals surface area (Å²) >= 11 is 0. The molecule has 7 heteroatoms. The summed E-state index contributed by atoms with van der Waals surface area (Å²) in [5.74, 6) is 0.566. The predicted molar refractivity (Wildman–Crippen MR) is 69.5 cm³/mol. The summed E-state index contributed by atoms with van der Waals surface area (Å²) in [6, 6.07) is 2.86. The van der Waals surface area contributed by atoms with Gasteiger partial charge >= 0.3 is 5.69 Å². The first-order valence-electron chi connectivity index (χ1n) is 6.25. The zero-order valence-electron chi connectivity index (χ0n) is 10.8. The van der Waals surface area contributed by atoms with Gasteiger partial charge in [0.1, 0.15) is 0 Å². The van der Waals surface area contributed by atoms with Crippen molar-refractivity contribution in [3.05, 3.63) is 22.2 Å². The second-order valence-electron chi connectivity index (χ2n) is 4.35. The summed E-state index contributed by atoms with van der Waals surface area (Å²) in [5, 5.41) is 13.9. The van der Waals surface area contributed by atoms with Gasteiger partial charge in [-0.15, -0.1) is 0 Å². The fourth-order valence-corrected chi connectivity index (χ4v) is 2.00. The summed E-state index contributed by atoms with van der Waals surface area (Å²) in [7, 11) is 1.47. The normalized spacial score (nSPS) is 18.9. The number of rotatable bonds is 5. The molecule has 1 saturated heterocycles. The Morgan fingerprint density at radius 2 is 2.42 bits per heavy atom. The van der Waals surface area contributed by atoms with Crippen molar-refractivity contribution >= 4 is 11.5 Å². The molecule has 0 bridgehead atoms. The van der Waals surface area contributed by atoms with E-state index in [2.05, 4.69) is 10.3 Å². The quantitative estimate of drug-likeness (QED) is 0.648. The van der Waals surface area contributed by atoms with Gasteiger partial charge < -0.3 is 14.8 Å². The topological polar surface area (TPSA) is 86.5 Å². The Hall–Kier alpha value is -1.89. The highest BCUT2D eigenvalue weighted by atomic mass is 16.6. The van der Waals surface area contributed by atoms with Crippen LogP contribution in [0.1, 0.15) is 19.3 Å². The maximum Gasteiger partial charge on any atom is 0.311 e. The molecule has 2 rings (SSSR count). The van der Waals surface area contributed by atoms with Crippen molar-refractivity contribution in [3.8, 4) is 5.88 Å². The van der Waals surface area contributed by atoms with Crippen molar-refractivity contribution in [1.29, 1.82) is 0 Å². The van der Waals surface area contributed by atoms with Gasteiger partial charge in [0.2, 0.25) is 11.7 Å². The van der Waals surface area contributed by atoms with E-state index in [1.165, 1.54) is 19.2 Å². The Morgan fingerprint density at radius 3 is 3.05 bits per heavy atom. The van der Waals surface area contributed by atoms with Gasteiger partial charge in [-0.3, -0.25) is 10.1 Å². The molecule has 1 aliphatic rings. The number of nitrogens with zero attached hydrogens (tertiary/aromatic N) is 2. The molecule has 1 fully saturated rings. The van der Waals surface area contributed by atoms with Crippen LogP contribution in [0.3, 0.4) is 0 Å². The lowest BCUT2D eigenvalue weighted by Gasteiger charge is -2.22. The third kappa shape index (κ3) is 3.54. The van der Waals surface area contributed by atoms with Crippen molar-refractivity contribution in [2.24, 2.45) is 0 Å². The molecule has 1 N–H and O–H groups in total. The minimum Gasteiger partial charge on any atom is -0.481 e. The molecular weight excluding hydrogens is 250 g/mol. The van der Waals surface area contributed by atoms with Crippen LogP contribution in [0.2, 0.25) is 0 Å². The van der Waals surface area contributed by atoms with Crippen LogP contribution in [0.25, 0.3) is 0 Å². The van der Waals surface area contributed by atoms with Gasteiger partial charge in [-0.1, -0.05) is 0 Å². The Morgan fingerprint density at radius 1 is 1.58 bits per heavy atom. The Bertz CT molecular complexity index is 447. The van der Waals surface area contributed by atoms with Crippen LogP contribution < -0.4 is 10.1 Å². The first-order valence-corrected chi connectivity index (χ1v) is 6.25. The summed E-state index contributed by atoms with van der Waals surface area (Å²) in [6.07, 6.45) is 3.25. The summed E-state index contributed by atoms with van der Waals surface area (Å²) in [4.78, 5) is 14.5. The largest absolute Gasteiger partial charge is 0.481 e. The number of anilines is 1. The van der Waals surface area contributed by atoms with Crippen molar-refractivity contribution in [2.75, 3.05) is 25.6 Å². The molecule has 1 aromatic rings. The number of methoxy groups -OCH3 is 1. The van der Waals surface area contributed by atoms with Gasteiger partial charge in [-0.05, 0) is 19.3 Å². The van der Waals surface area contributed by atoms with E-state index < -0.39 is 4.92 Å². The average molecular weight is 267 g/mol. The molecule has 1 unspecified atom stereocenters. The van der Waals surface area contributed by atoms with Gasteiger partial charge in [-0.2, -0.15) is 4.98 Å². The fraction of sp³-hybridized carbons (Fsp3) is 0.583. The summed E-state index contributed by atoms with van der Waals surface area (Å²) in [6.45, 7) is 1.26. The van der Waals surface area contributed by atoms with E-state index in [9.17, 15) is 10.1 Å². The number of aromatic nitrogens is 1. The van der Waals surface area contributed by atoms with Crippen LogP contribution in [0.4, 0.5) is 11.5 Å². The number of hydrogen-bond donors (Lipinski definition) is 1. The van der Waals surface area contributed by atoms with Gasteiger partial charge in [0, 0.05) is 25.3 Å². The van der Waals surface area contributed by atoms with Crippen LogP contribution >= 0.6 is 0 Å². The minimum absolute atomic E-state index is 0.0587. The zero-order chi connectivity index (χ0) is 13.7. The number of nitrogens with one attached hydrogen (secondary N) is 1. The monoisotopic (exact) mass is 267 g/mol. The smallest absolute Gasteiger partial charge is 0.311 e. The van der Waals surface area contributed by atoms with Crippen molar-refractivity contribution in [3.63, 3.8) is 0 Å². The van der Waals surface area contributed by atoms with Crippen molar-refractivity contribution in [1.82, 2.24) is 4.98 Å². The summed E-state index contributed by atoms with van der Waals surface area (Å²) < 4.78 is 10.5. The molecule has 0 amide bonds. The Kier molecular flexibility index (Phi) is 4.51. The molecular formula is C12H17N3O4. The maximum atomic E-state index is 10.9. The van der Waals surface area contributed by atoms with E-state index in [-0.39, 0.29) is 17.6 Å². The van der Waals surface area contributed by atoms with E-state index in [4.69, 9.17) is 9.47 Å². The third-order valence-electron chi connectivity index (χ3n) is 3.03. The molecule has 19 heavy (non-hydrogen) atoms. The van der Waals surface area contributed by atoms with Gasteiger partial charge in [0.25, 0.3) is 0 Å². The first-order chi connectivity index (χ1) is 9.20. The lowest BCUT2D eigenvalue weighted by Crippen LogP contribution is -2.27. The standard InChI is InChI=1S/C12H17N3O4/c1-18-11-6-5-10(15(16)17)12(14-11)13-8-9-4-2-3-7-19-9/h5-6,9H,2-4,7-8H2,1H3,(H,13,14). The Labute approximate surface area is 111 Å². The maximum absolute atomic E-state index is 10.9. The second-order valence-corrected chi connectivity index (χ2v) is 4.35. The van der Waals surface area contributed by atoms with E-state index >= 15 is 0 Å². The van der Waals surface area contributed by atoms with Gasteiger partial charge in [0.05, 0.1) is 18.1 Å². The lowest BCUT2D eigenvalue weighted by molar-refractivity contribution is -0.384. The highest BCUT2D eigenvalue weighted by Gasteiger charge is 2.19. The van der Waals surface area contributed by atoms with Crippen LogP contribution in [0.15, 0.2) is 12.1 Å². The minimum atomic E-state index is -0.462.